The Balaban J connectivity index is 2.30. The fourth-order valence-corrected chi connectivity index (χ4v) is 3.64. The summed E-state index contributed by atoms with van der Waals surface area (Å²) in [6, 6.07) is 8.93. The van der Waals surface area contributed by atoms with Gasteiger partial charge in [-0.05, 0) is 26.3 Å². The Morgan fingerprint density at radius 2 is 1.95 bits per heavy atom. The Morgan fingerprint density at radius 1 is 1.32 bits per heavy atom. The summed E-state index contributed by atoms with van der Waals surface area (Å²) in [6.45, 7) is 5.39. The molecule has 120 valence electrons. The SMILES string of the molecule is CC(C)(C)OC(=O)N1C(C(=O)NN)CSC1c1ccccc1. The zero-order valence-corrected chi connectivity index (χ0v) is 13.7. The molecule has 1 aromatic rings. The highest BCUT2D eigenvalue weighted by Gasteiger charge is 2.43. The zero-order chi connectivity index (χ0) is 16.3. The predicted molar refractivity (Wildman–Crippen MR) is 85.8 cm³/mol. The summed E-state index contributed by atoms with van der Waals surface area (Å²) in [5.74, 6) is 5.32. The molecule has 1 aliphatic rings. The van der Waals surface area contributed by atoms with Crippen molar-refractivity contribution >= 4 is 23.8 Å². The Hall–Kier alpha value is -1.73. The Kier molecular flexibility index (Phi) is 4.97. The van der Waals surface area contributed by atoms with E-state index in [-0.39, 0.29) is 5.37 Å². The number of rotatable bonds is 2. The lowest BCUT2D eigenvalue weighted by molar-refractivity contribution is -0.125. The standard InChI is InChI=1S/C15H21N3O3S/c1-15(2,3)21-14(20)18-11(12(19)17-16)9-22-13(18)10-7-5-4-6-8-10/h4-8,11,13H,9,16H2,1-3H3,(H,17,19). The summed E-state index contributed by atoms with van der Waals surface area (Å²) in [5.41, 5.74) is 2.44. The average Bonchev–Trinajstić information content (AvgIpc) is 2.90. The van der Waals surface area contributed by atoms with Crippen LogP contribution < -0.4 is 11.3 Å². The number of carbonyl (C=O) groups excluding carboxylic acids is 2. The molecule has 7 heteroatoms. The van der Waals surface area contributed by atoms with Gasteiger partial charge in [-0.1, -0.05) is 30.3 Å². The zero-order valence-electron chi connectivity index (χ0n) is 12.9. The molecule has 3 N–H and O–H groups in total. The fraction of sp³-hybridized carbons (Fsp3) is 0.467. The summed E-state index contributed by atoms with van der Waals surface area (Å²) >= 11 is 1.52. The first kappa shape index (κ1) is 16.6. The van der Waals surface area contributed by atoms with Crippen LogP contribution >= 0.6 is 11.8 Å². The number of nitrogens with one attached hydrogen (secondary N) is 1. The lowest BCUT2D eigenvalue weighted by atomic mass is 10.1. The van der Waals surface area contributed by atoms with Gasteiger partial charge < -0.3 is 4.74 Å². The maximum Gasteiger partial charge on any atom is 0.412 e. The average molecular weight is 323 g/mol. The third-order valence-electron chi connectivity index (χ3n) is 3.13. The fourth-order valence-electron chi connectivity index (χ4n) is 2.22. The van der Waals surface area contributed by atoms with Crippen LogP contribution in [-0.4, -0.2) is 34.3 Å². The van der Waals surface area contributed by atoms with Crippen molar-refractivity contribution in [3.63, 3.8) is 0 Å². The Labute approximate surface area is 134 Å². The molecule has 1 heterocycles. The second kappa shape index (κ2) is 6.58. The van der Waals surface area contributed by atoms with E-state index >= 15 is 0 Å². The van der Waals surface area contributed by atoms with Crippen LogP contribution in [-0.2, 0) is 9.53 Å². The topological polar surface area (TPSA) is 84.7 Å². The Morgan fingerprint density at radius 3 is 2.50 bits per heavy atom. The first-order valence-corrected chi connectivity index (χ1v) is 8.06. The molecule has 2 rings (SSSR count). The van der Waals surface area contributed by atoms with Gasteiger partial charge in [0.15, 0.2) is 0 Å². The van der Waals surface area contributed by atoms with E-state index in [1.54, 1.807) is 20.8 Å². The van der Waals surface area contributed by atoms with Crippen molar-refractivity contribution in [1.82, 2.24) is 10.3 Å². The van der Waals surface area contributed by atoms with Crippen molar-refractivity contribution in [3.05, 3.63) is 35.9 Å². The van der Waals surface area contributed by atoms with Crippen LogP contribution in [0.3, 0.4) is 0 Å². The number of hydrogen-bond donors (Lipinski definition) is 2. The van der Waals surface area contributed by atoms with E-state index in [0.717, 1.165) is 5.56 Å². The van der Waals surface area contributed by atoms with E-state index in [2.05, 4.69) is 5.43 Å². The molecular formula is C15H21N3O3S. The van der Waals surface area contributed by atoms with Crippen molar-refractivity contribution in [1.29, 1.82) is 0 Å². The number of hydrogen-bond acceptors (Lipinski definition) is 5. The number of ether oxygens (including phenoxy) is 1. The first-order chi connectivity index (χ1) is 10.3. The van der Waals surface area contributed by atoms with Gasteiger partial charge in [-0.2, -0.15) is 0 Å². The second-order valence-electron chi connectivity index (χ2n) is 6.01. The van der Waals surface area contributed by atoms with Crippen LogP contribution in [0.25, 0.3) is 0 Å². The summed E-state index contributed by atoms with van der Waals surface area (Å²) in [5, 5.41) is -0.265. The van der Waals surface area contributed by atoms with Crippen molar-refractivity contribution < 1.29 is 14.3 Å². The van der Waals surface area contributed by atoms with Crippen LogP contribution in [0, 0.1) is 0 Å². The third-order valence-corrected chi connectivity index (χ3v) is 4.46. The quantitative estimate of drug-likeness (QED) is 0.494. The molecule has 0 aromatic heterocycles. The largest absolute Gasteiger partial charge is 0.444 e. The summed E-state index contributed by atoms with van der Waals surface area (Å²) < 4.78 is 5.45. The molecule has 1 saturated heterocycles. The lowest BCUT2D eigenvalue weighted by Gasteiger charge is -2.31. The molecule has 0 bridgehead atoms. The van der Waals surface area contributed by atoms with E-state index in [9.17, 15) is 9.59 Å². The van der Waals surface area contributed by atoms with Crippen molar-refractivity contribution in [2.75, 3.05) is 5.75 Å². The van der Waals surface area contributed by atoms with Crippen LogP contribution in [0.5, 0.6) is 0 Å². The highest BCUT2D eigenvalue weighted by molar-refractivity contribution is 7.99. The number of thioether (sulfide) groups is 1. The smallest absolute Gasteiger partial charge is 0.412 e. The van der Waals surface area contributed by atoms with Crippen LogP contribution in [0.4, 0.5) is 4.79 Å². The van der Waals surface area contributed by atoms with Gasteiger partial charge in [0.1, 0.15) is 17.0 Å². The first-order valence-electron chi connectivity index (χ1n) is 7.02. The molecule has 0 aliphatic carbocycles. The second-order valence-corrected chi connectivity index (χ2v) is 7.12. The minimum absolute atomic E-state index is 0.265. The highest BCUT2D eigenvalue weighted by atomic mass is 32.2. The van der Waals surface area contributed by atoms with Gasteiger partial charge in [0.05, 0.1) is 0 Å². The maximum atomic E-state index is 12.5. The summed E-state index contributed by atoms with van der Waals surface area (Å²) in [4.78, 5) is 26.0. The predicted octanol–water partition coefficient (Wildman–Crippen LogP) is 2.03. The van der Waals surface area contributed by atoms with Crippen molar-refractivity contribution in [2.24, 2.45) is 5.84 Å². The van der Waals surface area contributed by atoms with Gasteiger partial charge in [0.25, 0.3) is 5.91 Å². The molecule has 2 amide bonds. The molecule has 1 fully saturated rings. The number of hydrazine groups is 1. The van der Waals surface area contributed by atoms with Gasteiger partial charge in [-0.3, -0.25) is 15.1 Å². The van der Waals surface area contributed by atoms with E-state index in [4.69, 9.17) is 10.6 Å². The minimum atomic E-state index is -0.643. The summed E-state index contributed by atoms with van der Waals surface area (Å²) in [7, 11) is 0. The number of nitrogens with zero attached hydrogens (tertiary/aromatic N) is 1. The van der Waals surface area contributed by atoms with Crippen LogP contribution in [0.1, 0.15) is 31.7 Å². The summed E-state index contributed by atoms with van der Waals surface area (Å²) in [6.07, 6.45) is -0.514. The molecule has 0 radical (unpaired) electrons. The van der Waals surface area contributed by atoms with E-state index in [1.165, 1.54) is 16.7 Å². The van der Waals surface area contributed by atoms with Crippen LogP contribution in [0.15, 0.2) is 30.3 Å². The van der Waals surface area contributed by atoms with E-state index < -0.39 is 23.6 Å². The molecule has 2 unspecified atom stereocenters. The van der Waals surface area contributed by atoms with Gasteiger partial charge in [-0.25, -0.2) is 10.6 Å². The lowest BCUT2D eigenvalue weighted by Crippen LogP contribution is -2.51. The van der Waals surface area contributed by atoms with Gasteiger partial charge in [0, 0.05) is 5.75 Å². The molecular weight excluding hydrogens is 302 g/mol. The number of amides is 2. The molecule has 2 atom stereocenters. The monoisotopic (exact) mass is 323 g/mol. The Bertz CT molecular complexity index is 545. The maximum absolute atomic E-state index is 12.5. The molecule has 6 nitrogen and oxygen atoms in total. The number of carbonyl (C=O) groups is 2. The van der Waals surface area contributed by atoms with Crippen molar-refractivity contribution in [2.45, 2.75) is 37.8 Å². The van der Waals surface area contributed by atoms with Gasteiger partial charge in [0.2, 0.25) is 0 Å². The normalized spacial score (nSPS) is 21.5. The van der Waals surface area contributed by atoms with Crippen LogP contribution in [0.2, 0.25) is 0 Å². The minimum Gasteiger partial charge on any atom is -0.444 e. The van der Waals surface area contributed by atoms with E-state index in [1.807, 2.05) is 30.3 Å². The van der Waals surface area contributed by atoms with Crippen molar-refractivity contribution in [3.8, 4) is 0 Å². The molecule has 1 aliphatic heterocycles. The van der Waals surface area contributed by atoms with Gasteiger partial charge >= 0.3 is 6.09 Å². The third kappa shape index (κ3) is 3.72. The molecule has 1 aromatic carbocycles. The molecule has 22 heavy (non-hydrogen) atoms. The van der Waals surface area contributed by atoms with E-state index in [0.29, 0.717) is 5.75 Å². The van der Waals surface area contributed by atoms with Gasteiger partial charge in [-0.15, -0.1) is 11.8 Å². The number of benzene rings is 1. The molecule has 0 spiro atoms. The number of nitrogens with two attached hydrogens (primary N) is 1. The molecule has 0 saturated carbocycles. The highest BCUT2D eigenvalue weighted by Crippen LogP contribution is 2.42.